The van der Waals surface area contributed by atoms with Crippen LogP contribution in [0.25, 0.3) is 0 Å². The third kappa shape index (κ3) is 3.74. The van der Waals surface area contributed by atoms with E-state index in [-0.39, 0.29) is 6.04 Å². The summed E-state index contributed by atoms with van der Waals surface area (Å²) in [5.74, 6) is 0.946. The monoisotopic (exact) mass is 232 g/mol. The highest BCUT2D eigenvalue weighted by Crippen LogP contribution is 2.15. The van der Waals surface area contributed by atoms with E-state index in [1.807, 2.05) is 6.92 Å². The predicted molar refractivity (Wildman–Crippen MR) is 59.6 cm³/mol. The first kappa shape index (κ1) is 11.6. The van der Waals surface area contributed by atoms with E-state index in [2.05, 4.69) is 4.98 Å². The Balaban J connectivity index is 2.61. The van der Waals surface area contributed by atoms with Crippen molar-refractivity contribution in [3.63, 3.8) is 0 Å². The van der Waals surface area contributed by atoms with Gasteiger partial charge in [0, 0.05) is 35.0 Å². The van der Waals surface area contributed by atoms with E-state index in [1.165, 1.54) is 0 Å². The minimum atomic E-state index is -0.949. The zero-order valence-electron chi connectivity index (χ0n) is 7.94. The van der Waals surface area contributed by atoms with Crippen LogP contribution in [-0.2, 0) is 16.6 Å². The van der Waals surface area contributed by atoms with Crippen molar-refractivity contribution in [2.45, 2.75) is 18.7 Å². The molecule has 0 aliphatic carbocycles. The third-order valence-electron chi connectivity index (χ3n) is 1.62. The normalized spacial score (nSPS) is 15.1. The summed E-state index contributed by atoms with van der Waals surface area (Å²) >= 11 is 5.88. The SMILES string of the molecule is CC(N)CS(=O)Cc1ccncc1Cl. The molecule has 0 aromatic carbocycles. The lowest BCUT2D eigenvalue weighted by Crippen LogP contribution is -2.23. The lowest BCUT2D eigenvalue weighted by Gasteiger charge is -2.06. The number of halogens is 1. The minimum Gasteiger partial charge on any atom is -0.327 e. The van der Waals surface area contributed by atoms with Gasteiger partial charge in [-0.2, -0.15) is 0 Å². The van der Waals surface area contributed by atoms with Crippen molar-refractivity contribution in [3.8, 4) is 0 Å². The molecule has 1 heterocycles. The van der Waals surface area contributed by atoms with Crippen molar-refractivity contribution in [1.29, 1.82) is 0 Å². The van der Waals surface area contributed by atoms with Crippen LogP contribution in [0.2, 0.25) is 5.02 Å². The molecule has 14 heavy (non-hydrogen) atoms. The van der Waals surface area contributed by atoms with Crippen LogP contribution in [0.5, 0.6) is 0 Å². The van der Waals surface area contributed by atoms with Crippen LogP contribution in [0.15, 0.2) is 18.5 Å². The Bertz CT molecular complexity index is 330. The summed E-state index contributed by atoms with van der Waals surface area (Å²) < 4.78 is 11.5. The third-order valence-corrected chi connectivity index (χ3v) is 3.49. The number of hydrogen-bond acceptors (Lipinski definition) is 3. The maximum absolute atomic E-state index is 11.5. The Morgan fingerprint density at radius 2 is 2.43 bits per heavy atom. The molecule has 0 saturated heterocycles. The second kappa shape index (κ2) is 5.44. The van der Waals surface area contributed by atoms with Crippen LogP contribution in [0, 0.1) is 0 Å². The fraction of sp³-hybridized carbons (Fsp3) is 0.444. The molecular weight excluding hydrogens is 220 g/mol. The topological polar surface area (TPSA) is 56.0 Å². The van der Waals surface area contributed by atoms with Gasteiger partial charge in [-0.25, -0.2) is 0 Å². The van der Waals surface area contributed by atoms with Gasteiger partial charge in [-0.05, 0) is 18.6 Å². The van der Waals surface area contributed by atoms with E-state index in [1.54, 1.807) is 18.5 Å². The number of pyridine rings is 1. The van der Waals surface area contributed by atoms with Gasteiger partial charge in [0.2, 0.25) is 0 Å². The summed E-state index contributed by atoms with van der Waals surface area (Å²) in [6.45, 7) is 1.84. The van der Waals surface area contributed by atoms with Crippen LogP contribution < -0.4 is 5.73 Å². The molecule has 0 aliphatic heterocycles. The van der Waals surface area contributed by atoms with Crippen molar-refractivity contribution >= 4 is 22.4 Å². The Morgan fingerprint density at radius 3 is 3.00 bits per heavy atom. The molecule has 5 heteroatoms. The molecule has 3 nitrogen and oxygen atoms in total. The Morgan fingerprint density at radius 1 is 1.71 bits per heavy atom. The number of nitrogens with zero attached hydrogens (tertiary/aromatic N) is 1. The zero-order valence-corrected chi connectivity index (χ0v) is 9.52. The molecule has 0 aliphatic rings. The summed E-state index contributed by atoms with van der Waals surface area (Å²) in [4.78, 5) is 3.86. The van der Waals surface area contributed by atoms with Gasteiger partial charge in [-0.1, -0.05) is 11.6 Å². The smallest absolute Gasteiger partial charge is 0.0630 e. The largest absolute Gasteiger partial charge is 0.327 e. The second-order valence-electron chi connectivity index (χ2n) is 3.20. The van der Waals surface area contributed by atoms with Crippen molar-refractivity contribution in [2.75, 3.05) is 5.75 Å². The fourth-order valence-electron chi connectivity index (χ4n) is 1.05. The van der Waals surface area contributed by atoms with Gasteiger partial charge < -0.3 is 5.73 Å². The van der Waals surface area contributed by atoms with Gasteiger partial charge in [0.25, 0.3) is 0 Å². The van der Waals surface area contributed by atoms with Gasteiger partial charge in [0.1, 0.15) is 0 Å². The Labute approximate surface area is 91.1 Å². The molecule has 1 aromatic rings. The standard InChI is InChI=1S/C9H13ClN2OS/c1-7(11)5-14(13)6-8-2-3-12-4-9(8)10/h2-4,7H,5-6,11H2,1H3. The minimum absolute atomic E-state index is 0.0450. The molecule has 0 fully saturated rings. The first-order valence-electron chi connectivity index (χ1n) is 4.28. The molecule has 0 radical (unpaired) electrons. The van der Waals surface area contributed by atoms with Gasteiger partial charge in [0.15, 0.2) is 0 Å². The molecule has 78 valence electrons. The molecule has 2 atom stereocenters. The molecule has 0 saturated carbocycles. The van der Waals surface area contributed by atoms with Crippen molar-refractivity contribution in [2.24, 2.45) is 5.73 Å². The molecule has 2 N–H and O–H groups in total. The van der Waals surface area contributed by atoms with Gasteiger partial charge in [-0.3, -0.25) is 9.19 Å². The second-order valence-corrected chi connectivity index (χ2v) is 5.10. The Kier molecular flexibility index (Phi) is 4.51. The first-order valence-corrected chi connectivity index (χ1v) is 6.15. The van der Waals surface area contributed by atoms with Gasteiger partial charge >= 0.3 is 0 Å². The predicted octanol–water partition coefficient (Wildman–Crippen LogP) is 1.33. The summed E-state index contributed by atoms with van der Waals surface area (Å²) in [6.07, 6.45) is 3.20. The molecule has 0 spiro atoms. The molecule has 0 amide bonds. The van der Waals surface area contributed by atoms with Crippen LogP contribution in [0.3, 0.4) is 0 Å². The maximum atomic E-state index is 11.5. The molecule has 2 unspecified atom stereocenters. The number of aromatic nitrogens is 1. The summed E-state index contributed by atoms with van der Waals surface area (Å²) in [5, 5.41) is 0.561. The lowest BCUT2D eigenvalue weighted by atomic mass is 10.3. The van der Waals surface area contributed by atoms with Gasteiger partial charge in [0.05, 0.1) is 10.8 Å². The van der Waals surface area contributed by atoms with E-state index in [9.17, 15) is 4.21 Å². The quantitative estimate of drug-likeness (QED) is 0.852. The van der Waals surface area contributed by atoms with E-state index in [4.69, 9.17) is 17.3 Å². The number of hydrogen-bond donors (Lipinski definition) is 1. The average Bonchev–Trinajstić information content (AvgIpc) is 2.07. The van der Waals surface area contributed by atoms with Crippen LogP contribution in [-0.4, -0.2) is 21.0 Å². The number of nitrogens with two attached hydrogens (primary N) is 1. The summed E-state index contributed by atoms with van der Waals surface area (Å²) in [5.41, 5.74) is 6.41. The summed E-state index contributed by atoms with van der Waals surface area (Å²) in [6, 6.07) is 1.73. The van der Waals surface area contributed by atoms with E-state index in [0.717, 1.165) is 5.56 Å². The number of rotatable bonds is 4. The summed E-state index contributed by atoms with van der Waals surface area (Å²) in [7, 11) is -0.949. The van der Waals surface area contributed by atoms with E-state index >= 15 is 0 Å². The van der Waals surface area contributed by atoms with Crippen LogP contribution in [0.1, 0.15) is 12.5 Å². The Hall–Kier alpha value is -0.450. The van der Waals surface area contributed by atoms with Crippen LogP contribution >= 0.6 is 11.6 Å². The molecule has 0 bridgehead atoms. The molecule has 1 aromatic heterocycles. The highest BCUT2D eigenvalue weighted by Gasteiger charge is 2.07. The zero-order chi connectivity index (χ0) is 10.6. The van der Waals surface area contributed by atoms with E-state index in [0.29, 0.717) is 16.5 Å². The maximum Gasteiger partial charge on any atom is 0.0630 e. The van der Waals surface area contributed by atoms with Crippen molar-refractivity contribution in [3.05, 3.63) is 29.0 Å². The van der Waals surface area contributed by atoms with Crippen molar-refractivity contribution < 1.29 is 4.21 Å². The lowest BCUT2D eigenvalue weighted by molar-refractivity contribution is 0.676. The van der Waals surface area contributed by atoms with Crippen molar-refractivity contribution in [1.82, 2.24) is 4.98 Å². The van der Waals surface area contributed by atoms with E-state index < -0.39 is 10.8 Å². The first-order chi connectivity index (χ1) is 6.59. The average molecular weight is 233 g/mol. The molecule has 1 rings (SSSR count). The van der Waals surface area contributed by atoms with Gasteiger partial charge in [-0.15, -0.1) is 0 Å². The fourth-order valence-corrected chi connectivity index (χ4v) is 2.61. The molecular formula is C9H13ClN2OS. The highest BCUT2D eigenvalue weighted by atomic mass is 35.5. The van der Waals surface area contributed by atoms with Crippen LogP contribution in [0.4, 0.5) is 0 Å². The highest BCUT2D eigenvalue weighted by molar-refractivity contribution is 7.84.